The average Bonchev–Trinajstić information content (AvgIpc) is 2.38. The van der Waals surface area contributed by atoms with Gasteiger partial charge in [0.2, 0.25) is 0 Å². The Bertz CT molecular complexity index is 484. The van der Waals surface area contributed by atoms with Crippen LogP contribution >= 0.6 is 0 Å². The molecular formula is C12H13FO5. The molecule has 0 aliphatic heterocycles. The van der Waals surface area contributed by atoms with Crippen LogP contribution < -0.4 is 0 Å². The van der Waals surface area contributed by atoms with E-state index in [1.54, 1.807) is 0 Å². The Balaban J connectivity index is 3.28. The molecule has 1 aromatic rings. The standard InChI is InChI=1S/C12H13FO5/c1-6-8(11(15)17-2)4-7(5-9(6)13)10(14)12(16)18-3/h4-5,10,14H,1-3H3. The molecule has 0 saturated heterocycles. The van der Waals surface area contributed by atoms with Gasteiger partial charge in [-0.3, -0.25) is 0 Å². The van der Waals surface area contributed by atoms with Crippen molar-refractivity contribution in [2.45, 2.75) is 13.0 Å². The van der Waals surface area contributed by atoms with Crippen LogP contribution in [-0.4, -0.2) is 31.3 Å². The van der Waals surface area contributed by atoms with E-state index >= 15 is 0 Å². The molecule has 18 heavy (non-hydrogen) atoms. The molecule has 0 saturated carbocycles. The first-order valence-electron chi connectivity index (χ1n) is 5.06. The minimum absolute atomic E-state index is 0.0459. The highest BCUT2D eigenvalue weighted by Gasteiger charge is 2.22. The fourth-order valence-corrected chi connectivity index (χ4v) is 1.43. The minimum atomic E-state index is -1.64. The van der Waals surface area contributed by atoms with E-state index < -0.39 is 23.9 Å². The highest BCUT2D eigenvalue weighted by Crippen LogP contribution is 2.22. The summed E-state index contributed by atoms with van der Waals surface area (Å²) < 4.78 is 22.4. The van der Waals surface area contributed by atoms with E-state index in [-0.39, 0.29) is 16.7 Å². The van der Waals surface area contributed by atoms with Crippen molar-refractivity contribution in [1.29, 1.82) is 0 Å². The van der Waals surface area contributed by atoms with E-state index in [1.807, 2.05) is 0 Å². The Morgan fingerprint density at radius 1 is 1.28 bits per heavy atom. The van der Waals surface area contributed by atoms with E-state index in [2.05, 4.69) is 9.47 Å². The number of rotatable bonds is 3. The summed E-state index contributed by atoms with van der Waals surface area (Å²) in [6, 6.07) is 2.18. The maximum Gasteiger partial charge on any atom is 0.339 e. The zero-order valence-electron chi connectivity index (χ0n) is 10.2. The summed E-state index contributed by atoms with van der Waals surface area (Å²) in [4.78, 5) is 22.6. The van der Waals surface area contributed by atoms with Crippen molar-refractivity contribution in [3.63, 3.8) is 0 Å². The fraction of sp³-hybridized carbons (Fsp3) is 0.333. The lowest BCUT2D eigenvalue weighted by atomic mass is 10.0. The monoisotopic (exact) mass is 256 g/mol. The zero-order valence-corrected chi connectivity index (χ0v) is 10.2. The van der Waals surface area contributed by atoms with Gasteiger partial charge in [-0.2, -0.15) is 0 Å². The number of carbonyl (C=O) groups is 2. The van der Waals surface area contributed by atoms with Gasteiger partial charge in [0.1, 0.15) is 5.82 Å². The summed E-state index contributed by atoms with van der Waals surface area (Å²) in [6.07, 6.45) is -1.64. The van der Waals surface area contributed by atoms with Crippen LogP contribution in [0.5, 0.6) is 0 Å². The van der Waals surface area contributed by atoms with Crippen molar-refractivity contribution in [3.8, 4) is 0 Å². The van der Waals surface area contributed by atoms with Crippen molar-refractivity contribution in [2.75, 3.05) is 14.2 Å². The van der Waals surface area contributed by atoms with Crippen molar-refractivity contribution in [2.24, 2.45) is 0 Å². The highest BCUT2D eigenvalue weighted by atomic mass is 19.1. The number of carbonyl (C=O) groups excluding carboxylic acids is 2. The fourth-order valence-electron chi connectivity index (χ4n) is 1.43. The van der Waals surface area contributed by atoms with Crippen LogP contribution in [-0.2, 0) is 14.3 Å². The van der Waals surface area contributed by atoms with Crippen LogP contribution in [0.2, 0.25) is 0 Å². The van der Waals surface area contributed by atoms with Gasteiger partial charge in [0, 0.05) is 0 Å². The second-order valence-electron chi connectivity index (χ2n) is 3.59. The maximum atomic E-state index is 13.6. The number of esters is 2. The lowest BCUT2D eigenvalue weighted by Gasteiger charge is -2.12. The SMILES string of the molecule is COC(=O)c1cc(C(O)C(=O)OC)cc(F)c1C. The molecule has 0 aliphatic rings. The predicted octanol–water partition coefficient (Wildman–Crippen LogP) is 1.13. The average molecular weight is 256 g/mol. The minimum Gasteiger partial charge on any atom is -0.467 e. The van der Waals surface area contributed by atoms with Crippen LogP contribution in [0.15, 0.2) is 12.1 Å². The van der Waals surface area contributed by atoms with E-state index in [9.17, 15) is 19.1 Å². The molecule has 1 unspecified atom stereocenters. The number of hydrogen-bond acceptors (Lipinski definition) is 5. The summed E-state index contributed by atoms with van der Waals surface area (Å²) >= 11 is 0. The Morgan fingerprint density at radius 3 is 2.39 bits per heavy atom. The molecule has 1 aromatic carbocycles. The number of methoxy groups -OCH3 is 2. The summed E-state index contributed by atoms with van der Waals surface area (Å²) in [5.74, 6) is -2.39. The van der Waals surface area contributed by atoms with Gasteiger partial charge in [-0.25, -0.2) is 14.0 Å². The first kappa shape index (κ1) is 14.1. The lowest BCUT2D eigenvalue weighted by Crippen LogP contribution is -2.15. The quantitative estimate of drug-likeness (QED) is 0.820. The third-order valence-electron chi connectivity index (χ3n) is 2.51. The normalized spacial score (nSPS) is 11.8. The largest absolute Gasteiger partial charge is 0.467 e. The summed E-state index contributed by atoms with van der Waals surface area (Å²) in [7, 11) is 2.25. The Kier molecular flexibility index (Phi) is 4.38. The van der Waals surface area contributed by atoms with Crippen LogP contribution in [0.4, 0.5) is 4.39 Å². The number of aliphatic hydroxyl groups is 1. The Labute approximate surface area is 103 Å². The van der Waals surface area contributed by atoms with Crippen molar-refractivity contribution >= 4 is 11.9 Å². The second kappa shape index (κ2) is 5.59. The molecule has 6 heteroatoms. The van der Waals surface area contributed by atoms with Gasteiger partial charge < -0.3 is 14.6 Å². The molecule has 0 heterocycles. The number of halogens is 1. The van der Waals surface area contributed by atoms with E-state index in [0.717, 1.165) is 20.3 Å². The lowest BCUT2D eigenvalue weighted by molar-refractivity contribution is -0.150. The number of benzene rings is 1. The molecule has 1 N–H and O–H groups in total. The molecule has 0 aromatic heterocycles. The molecule has 1 atom stereocenters. The first-order chi connectivity index (χ1) is 8.42. The highest BCUT2D eigenvalue weighted by molar-refractivity contribution is 5.91. The molecule has 0 spiro atoms. The number of ether oxygens (including phenoxy) is 2. The Morgan fingerprint density at radius 2 is 1.89 bits per heavy atom. The molecule has 0 aliphatic carbocycles. The molecular weight excluding hydrogens is 243 g/mol. The van der Waals surface area contributed by atoms with E-state index in [0.29, 0.717) is 0 Å². The maximum absolute atomic E-state index is 13.6. The molecule has 0 amide bonds. The van der Waals surface area contributed by atoms with Gasteiger partial charge in [0.05, 0.1) is 19.8 Å². The molecule has 0 bridgehead atoms. The predicted molar refractivity (Wildman–Crippen MR) is 59.5 cm³/mol. The van der Waals surface area contributed by atoms with Crippen LogP contribution in [0.25, 0.3) is 0 Å². The van der Waals surface area contributed by atoms with Crippen LogP contribution in [0.3, 0.4) is 0 Å². The topological polar surface area (TPSA) is 72.8 Å². The first-order valence-corrected chi connectivity index (χ1v) is 5.06. The third-order valence-corrected chi connectivity index (χ3v) is 2.51. The van der Waals surface area contributed by atoms with Gasteiger partial charge >= 0.3 is 11.9 Å². The van der Waals surface area contributed by atoms with Crippen molar-refractivity contribution in [1.82, 2.24) is 0 Å². The van der Waals surface area contributed by atoms with Crippen LogP contribution in [0.1, 0.15) is 27.6 Å². The smallest absolute Gasteiger partial charge is 0.339 e. The van der Waals surface area contributed by atoms with Gasteiger partial charge in [-0.15, -0.1) is 0 Å². The molecule has 0 radical (unpaired) electrons. The molecule has 5 nitrogen and oxygen atoms in total. The van der Waals surface area contributed by atoms with Gasteiger partial charge in [-0.05, 0) is 30.2 Å². The van der Waals surface area contributed by atoms with Gasteiger partial charge in [-0.1, -0.05) is 0 Å². The van der Waals surface area contributed by atoms with Crippen molar-refractivity contribution in [3.05, 3.63) is 34.6 Å². The van der Waals surface area contributed by atoms with Crippen molar-refractivity contribution < 1.29 is 28.6 Å². The number of hydrogen-bond donors (Lipinski definition) is 1. The van der Waals surface area contributed by atoms with E-state index in [4.69, 9.17) is 0 Å². The van der Waals surface area contributed by atoms with Crippen LogP contribution in [0, 0.1) is 12.7 Å². The molecule has 0 fully saturated rings. The summed E-state index contributed by atoms with van der Waals surface area (Å²) in [5.41, 5.74) is -0.0246. The molecule has 1 rings (SSSR count). The summed E-state index contributed by atoms with van der Waals surface area (Å²) in [6.45, 7) is 1.40. The Hall–Kier alpha value is -1.95. The van der Waals surface area contributed by atoms with Gasteiger partial charge in [0.25, 0.3) is 0 Å². The van der Waals surface area contributed by atoms with Gasteiger partial charge in [0.15, 0.2) is 6.10 Å². The third kappa shape index (κ3) is 2.65. The molecule has 98 valence electrons. The van der Waals surface area contributed by atoms with E-state index in [1.165, 1.54) is 13.0 Å². The summed E-state index contributed by atoms with van der Waals surface area (Å²) in [5, 5.41) is 9.59. The second-order valence-corrected chi connectivity index (χ2v) is 3.59. The zero-order chi connectivity index (χ0) is 13.9. The number of aliphatic hydroxyl groups excluding tert-OH is 1.